The maximum atomic E-state index is 12.3. The van der Waals surface area contributed by atoms with Gasteiger partial charge in [0.05, 0.1) is 0 Å². The van der Waals surface area contributed by atoms with Crippen LogP contribution >= 0.6 is 22.6 Å². The largest absolute Gasteiger partial charge is 0.328 e. The minimum atomic E-state index is -2.59. The Balaban J connectivity index is 3.36. The quantitative estimate of drug-likeness (QED) is 0.811. The molecule has 0 radical (unpaired) electrons. The molecule has 0 fully saturated rings. The van der Waals surface area contributed by atoms with E-state index < -0.39 is 12.0 Å². The Bertz CT molecular complexity index is 364. The monoisotopic (exact) mass is 300 g/mol. The van der Waals surface area contributed by atoms with Gasteiger partial charge < -0.3 is 10.7 Å². The summed E-state index contributed by atoms with van der Waals surface area (Å²) in [5, 5.41) is 0. The molecule has 1 aromatic rings. The van der Waals surface area contributed by atoms with E-state index in [0.29, 0.717) is 0 Å². The number of aromatic nitrogens is 1. The van der Waals surface area contributed by atoms with Crippen LogP contribution in [0.2, 0.25) is 0 Å². The molecule has 0 bridgehead atoms. The normalized spacial score (nSPS) is 10.8. The van der Waals surface area contributed by atoms with Gasteiger partial charge in [0.1, 0.15) is 0 Å². The molecule has 3 N–H and O–H groups in total. The molecule has 6 heteroatoms. The number of halogens is 3. The molecule has 1 heterocycles. The molecule has 0 saturated carbocycles. The van der Waals surface area contributed by atoms with Crippen LogP contribution in [0.3, 0.4) is 0 Å². The van der Waals surface area contributed by atoms with E-state index in [0.717, 1.165) is 6.20 Å². The predicted octanol–water partition coefficient (Wildman–Crippen LogP) is 1.38. The summed E-state index contributed by atoms with van der Waals surface area (Å²) < 4.78 is 24.9. The van der Waals surface area contributed by atoms with E-state index in [1.807, 2.05) is 0 Å². The van der Waals surface area contributed by atoms with Gasteiger partial charge in [0, 0.05) is 27.4 Å². The van der Waals surface area contributed by atoms with Gasteiger partial charge in [-0.05, 0) is 22.6 Å². The third-order valence-corrected chi connectivity index (χ3v) is 2.86. The molecular formula is C7H7F2IN2O. The number of hydrogen-bond acceptors (Lipinski definition) is 2. The van der Waals surface area contributed by atoms with Crippen LogP contribution in [0.15, 0.2) is 11.0 Å². The maximum Gasteiger partial charge on any atom is 0.266 e. The van der Waals surface area contributed by atoms with Gasteiger partial charge in [-0.15, -0.1) is 0 Å². The van der Waals surface area contributed by atoms with E-state index >= 15 is 0 Å². The van der Waals surface area contributed by atoms with Crippen molar-refractivity contribution in [1.29, 1.82) is 0 Å². The van der Waals surface area contributed by atoms with Crippen molar-refractivity contribution in [2.75, 3.05) is 0 Å². The van der Waals surface area contributed by atoms with E-state index in [4.69, 9.17) is 5.73 Å². The van der Waals surface area contributed by atoms with Crippen LogP contribution < -0.4 is 11.3 Å². The third kappa shape index (κ3) is 2.05. The summed E-state index contributed by atoms with van der Waals surface area (Å²) in [6.07, 6.45) is -1.57. The second kappa shape index (κ2) is 4.14. The highest BCUT2D eigenvalue weighted by Crippen LogP contribution is 2.24. The number of nitrogens with one attached hydrogen (secondary N) is 1. The Kier molecular flexibility index (Phi) is 3.37. The van der Waals surface area contributed by atoms with Gasteiger partial charge in [0.15, 0.2) is 0 Å². The number of aromatic amines is 1. The lowest BCUT2D eigenvalue weighted by Gasteiger charge is -2.05. The van der Waals surface area contributed by atoms with Crippen molar-refractivity contribution < 1.29 is 8.78 Å². The Morgan fingerprint density at radius 1 is 1.62 bits per heavy atom. The van der Waals surface area contributed by atoms with Crippen molar-refractivity contribution in [2.24, 2.45) is 5.73 Å². The first kappa shape index (κ1) is 10.6. The SMILES string of the molecule is NCc1c(I)c(C(F)F)c[nH]c1=O. The Hall–Kier alpha value is -0.500. The van der Waals surface area contributed by atoms with Crippen molar-refractivity contribution in [3.8, 4) is 0 Å². The topological polar surface area (TPSA) is 58.9 Å². The van der Waals surface area contributed by atoms with Gasteiger partial charge in [-0.1, -0.05) is 0 Å². The number of alkyl halides is 2. The molecule has 0 amide bonds. The third-order valence-electron chi connectivity index (χ3n) is 1.59. The minimum absolute atomic E-state index is 0.0336. The lowest BCUT2D eigenvalue weighted by atomic mass is 10.2. The van der Waals surface area contributed by atoms with Crippen molar-refractivity contribution in [3.05, 3.63) is 31.2 Å². The molecule has 0 aromatic carbocycles. The fraction of sp³-hybridized carbons (Fsp3) is 0.286. The fourth-order valence-electron chi connectivity index (χ4n) is 0.909. The van der Waals surface area contributed by atoms with Gasteiger partial charge in [-0.3, -0.25) is 4.79 Å². The van der Waals surface area contributed by atoms with Crippen LogP contribution in [-0.4, -0.2) is 4.98 Å². The first-order valence-electron chi connectivity index (χ1n) is 3.46. The molecule has 1 rings (SSSR count). The molecular weight excluding hydrogens is 293 g/mol. The molecule has 0 aliphatic rings. The summed E-state index contributed by atoms with van der Waals surface area (Å²) in [7, 11) is 0. The van der Waals surface area contributed by atoms with Gasteiger partial charge in [0.2, 0.25) is 0 Å². The predicted molar refractivity (Wildman–Crippen MR) is 52.6 cm³/mol. The summed E-state index contributed by atoms with van der Waals surface area (Å²) in [5.74, 6) is 0. The fourth-order valence-corrected chi connectivity index (χ4v) is 1.77. The maximum absolute atomic E-state index is 12.3. The Labute approximate surface area is 86.5 Å². The van der Waals surface area contributed by atoms with Crippen LogP contribution in [0.25, 0.3) is 0 Å². The molecule has 0 atom stereocenters. The molecule has 1 aromatic heterocycles. The molecule has 3 nitrogen and oxygen atoms in total. The number of nitrogens with two attached hydrogens (primary N) is 1. The number of pyridine rings is 1. The number of hydrogen-bond donors (Lipinski definition) is 2. The average Bonchev–Trinajstić information content (AvgIpc) is 2.04. The lowest BCUT2D eigenvalue weighted by Crippen LogP contribution is -2.19. The van der Waals surface area contributed by atoms with Crippen molar-refractivity contribution in [2.45, 2.75) is 13.0 Å². The lowest BCUT2D eigenvalue weighted by molar-refractivity contribution is 0.150. The van der Waals surface area contributed by atoms with E-state index in [2.05, 4.69) is 4.98 Å². The summed E-state index contributed by atoms with van der Waals surface area (Å²) in [5.41, 5.74) is 4.87. The van der Waals surface area contributed by atoms with Crippen molar-refractivity contribution in [3.63, 3.8) is 0 Å². The standard InChI is InChI=1S/C7H7F2IN2O/c8-6(9)4-2-12-7(13)3(1-11)5(4)10/h2,6H,1,11H2,(H,12,13). The first-order chi connectivity index (χ1) is 6.07. The molecule has 13 heavy (non-hydrogen) atoms. The van der Waals surface area contributed by atoms with E-state index in [9.17, 15) is 13.6 Å². The second-order valence-electron chi connectivity index (χ2n) is 2.37. The molecule has 0 aliphatic carbocycles. The zero-order valence-electron chi connectivity index (χ0n) is 6.48. The summed E-state index contributed by atoms with van der Waals surface area (Å²) in [4.78, 5) is 13.3. The van der Waals surface area contributed by atoms with Gasteiger partial charge in [0.25, 0.3) is 12.0 Å². The summed E-state index contributed by atoms with van der Waals surface area (Å²) >= 11 is 1.70. The highest BCUT2D eigenvalue weighted by atomic mass is 127. The zero-order chi connectivity index (χ0) is 10.0. The smallest absolute Gasteiger partial charge is 0.266 e. The van der Waals surface area contributed by atoms with Crippen LogP contribution in [0.5, 0.6) is 0 Å². The molecule has 0 aliphatic heterocycles. The van der Waals surface area contributed by atoms with Crippen LogP contribution in [0.4, 0.5) is 8.78 Å². The first-order valence-corrected chi connectivity index (χ1v) is 4.54. The Morgan fingerprint density at radius 3 is 2.69 bits per heavy atom. The van der Waals surface area contributed by atoms with Gasteiger partial charge in [-0.2, -0.15) is 0 Å². The summed E-state index contributed by atoms with van der Waals surface area (Å²) in [6.45, 7) is -0.0336. The van der Waals surface area contributed by atoms with Gasteiger partial charge in [-0.25, -0.2) is 8.78 Å². The van der Waals surface area contributed by atoms with E-state index in [1.165, 1.54) is 0 Å². The van der Waals surface area contributed by atoms with E-state index in [1.54, 1.807) is 22.6 Å². The van der Waals surface area contributed by atoms with E-state index in [-0.39, 0.29) is 21.2 Å². The minimum Gasteiger partial charge on any atom is -0.328 e. The van der Waals surface area contributed by atoms with Crippen molar-refractivity contribution >= 4 is 22.6 Å². The highest BCUT2D eigenvalue weighted by molar-refractivity contribution is 14.1. The zero-order valence-corrected chi connectivity index (χ0v) is 8.64. The Morgan fingerprint density at radius 2 is 2.23 bits per heavy atom. The number of H-pyrrole nitrogens is 1. The van der Waals surface area contributed by atoms with Gasteiger partial charge >= 0.3 is 0 Å². The van der Waals surface area contributed by atoms with Crippen LogP contribution in [-0.2, 0) is 6.54 Å². The molecule has 0 saturated heterocycles. The second-order valence-corrected chi connectivity index (χ2v) is 3.45. The molecule has 0 unspecified atom stereocenters. The van der Waals surface area contributed by atoms with Crippen LogP contribution in [0, 0.1) is 3.57 Å². The average molecular weight is 300 g/mol. The van der Waals surface area contributed by atoms with Crippen molar-refractivity contribution in [1.82, 2.24) is 4.98 Å². The molecule has 72 valence electrons. The summed E-state index contributed by atoms with van der Waals surface area (Å²) in [6, 6.07) is 0. The number of rotatable bonds is 2. The highest BCUT2D eigenvalue weighted by Gasteiger charge is 2.15. The van der Waals surface area contributed by atoms with Crippen LogP contribution in [0.1, 0.15) is 17.6 Å². The molecule has 0 spiro atoms.